The molecule has 3 nitrogen and oxygen atoms in total. The van der Waals surface area contributed by atoms with E-state index in [0.29, 0.717) is 15.8 Å². The van der Waals surface area contributed by atoms with Gasteiger partial charge in [-0.3, -0.25) is 0 Å². The maximum Gasteiger partial charge on any atom is 0.347 e. The van der Waals surface area contributed by atoms with Crippen LogP contribution in [-0.4, -0.2) is 17.7 Å². The van der Waals surface area contributed by atoms with Crippen molar-refractivity contribution in [2.75, 3.05) is 0 Å². The Morgan fingerprint density at radius 2 is 1.89 bits per heavy atom. The number of esters is 1. The van der Waals surface area contributed by atoms with Gasteiger partial charge in [0.05, 0.1) is 5.02 Å². The lowest BCUT2D eigenvalue weighted by molar-refractivity contribution is -0.162. The molecule has 1 aromatic rings. The Labute approximate surface area is 117 Å². The molecule has 0 saturated heterocycles. The Kier molecular flexibility index (Phi) is 4.88. The standard InChI is InChI=1S/C13H16Cl2O3/c1-8(12(16)18-13(2,3)4)17-11-6-5-9(14)7-10(11)15/h5-8H,1-4H3. The summed E-state index contributed by atoms with van der Waals surface area (Å²) >= 11 is 11.7. The van der Waals surface area contributed by atoms with Gasteiger partial charge in [0.2, 0.25) is 0 Å². The van der Waals surface area contributed by atoms with Crippen LogP contribution < -0.4 is 4.74 Å². The fraction of sp³-hybridized carbons (Fsp3) is 0.462. The van der Waals surface area contributed by atoms with Crippen LogP contribution in [-0.2, 0) is 9.53 Å². The molecular formula is C13H16Cl2O3. The number of ether oxygens (including phenoxy) is 2. The second kappa shape index (κ2) is 5.81. The third-order valence-corrected chi connectivity index (χ3v) is 2.47. The summed E-state index contributed by atoms with van der Waals surface area (Å²) in [5.74, 6) is -0.0343. The van der Waals surface area contributed by atoms with Crippen LogP contribution in [0.15, 0.2) is 18.2 Å². The lowest BCUT2D eigenvalue weighted by atomic mass is 10.2. The summed E-state index contributed by atoms with van der Waals surface area (Å²) < 4.78 is 10.6. The van der Waals surface area contributed by atoms with Crippen LogP contribution in [0.5, 0.6) is 5.75 Å². The van der Waals surface area contributed by atoms with E-state index < -0.39 is 17.7 Å². The molecule has 0 fully saturated rings. The van der Waals surface area contributed by atoms with Gasteiger partial charge < -0.3 is 9.47 Å². The van der Waals surface area contributed by atoms with Crippen molar-refractivity contribution in [3.05, 3.63) is 28.2 Å². The summed E-state index contributed by atoms with van der Waals surface area (Å²) in [6, 6.07) is 4.82. The summed E-state index contributed by atoms with van der Waals surface area (Å²) in [6.07, 6.45) is -0.733. The molecule has 100 valence electrons. The Morgan fingerprint density at radius 3 is 2.39 bits per heavy atom. The fourth-order valence-corrected chi connectivity index (χ4v) is 1.65. The number of hydrogen-bond acceptors (Lipinski definition) is 3. The highest BCUT2D eigenvalue weighted by molar-refractivity contribution is 6.35. The maximum atomic E-state index is 11.7. The highest BCUT2D eigenvalue weighted by Gasteiger charge is 2.23. The molecule has 1 atom stereocenters. The van der Waals surface area contributed by atoms with E-state index in [9.17, 15) is 4.79 Å². The molecule has 5 heteroatoms. The van der Waals surface area contributed by atoms with Gasteiger partial charge >= 0.3 is 5.97 Å². The van der Waals surface area contributed by atoms with E-state index in [0.717, 1.165) is 0 Å². The minimum absolute atomic E-state index is 0.359. The van der Waals surface area contributed by atoms with Crippen LogP contribution in [0.1, 0.15) is 27.7 Å². The Morgan fingerprint density at radius 1 is 1.28 bits per heavy atom. The van der Waals surface area contributed by atoms with Crippen LogP contribution in [0.4, 0.5) is 0 Å². The van der Waals surface area contributed by atoms with Crippen LogP contribution in [0, 0.1) is 0 Å². The van der Waals surface area contributed by atoms with E-state index in [-0.39, 0.29) is 0 Å². The number of hydrogen-bond donors (Lipinski definition) is 0. The lowest BCUT2D eigenvalue weighted by Gasteiger charge is -2.22. The zero-order valence-electron chi connectivity index (χ0n) is 10.8. The van der Waals surface area contributed by atoms with Crippen molar-refractivity contribution < 1.29 is 14.3 Å². The molecule has 0 N–H and O–H groups in total. The van der Waals surface area contributed by atoms with Crippen molar-refractivity contribution in [1.82, 2.24) is 0 Å². The molecule has 0 aliphatic heterocycles. The number of halogens is 2. The average molecular weight is 291 g/mol. The molecule has 1 rings (SSSR count). The molecule has 0 aromatic heterocycles. The van der Waals surface area contributed by atoms with Gasteiger partial charge in [-0.25, -0.2) is 4.79 Å². The van der Waals surface area contributed by atoms with Crippen LogP contribution in [0.2, 0.25) is 10.0 Å². The quantitative estimate of drug-likeness (QED) is 0.786. The van der Waals surface area contributed by atoms with Gasteiger partial charge in [0.15, 0.2) is 6.10 Å². The van der Waals surface area contributed by atoms with Gasteiger partial charge in [0, 0.05) is 5.02 Å². The summed E-state index contributed by atoms with van der Waals surface area (Å²) in [4.78, 5) is 11.7. The zero-order valence-corrected chi connectivity index (χ0v) is 12.3. The van der Waals surface area contributed by atoms with Crippen LogP contribution in [0.25, 0.3) is 0 Å². The number of carbonyl (C=O) groups is 1. The summed E-state index contributed by atoms with van der Waals surface area (Å²) in [6.45, 7) is 7.01. The Bertz CT molecular complexity index is 438. The predicted molar refractivity (Wildman–Crippen MR) is 72.4 cm³/mol. The first-order valence-corrected chi connectivity index (χ1v) is 6.29. The van der Waals surface area contributed by atoms with Gasteiger partial charge in [0.1, 0.15) is 11.4 Å². The molecule has 0 radical (unpaired) electrons. The Hall–Kier alpha value is -0.930. The molecule has 1 unspecified atom stereocenters. The SMILES string of the molecule is CC(Oc1ccc(Cl)cc1Cl)C(=O)OC(C)(C)C. The fourth-order valence-electron chi connectivity index (χ4n) is 1.19. The lowest BCUT2D eigenvalue weighted by Crippen LogP contribution is -2.33. The predicted octanol–water partition coefficient (Wildman–Crippen LogP) is 4.10. The molecule has 0 amide bonds. The maximum absolute atomic E-state index is 11.7. The van der Waals surface area contributed by atoms with Crippen molar-refractivity contribution >= 4 is 29.2 Å². The molecule has 0 saturated carbocycles. The van der Waals surface area contributed by atoms with Crippen LogP contribution in [0.3, 0.4) is 0 Å². The first kappa shape index (κ1) is 15.1. The first-order valence-electron chi connectivity index (χ1n) is 5.53. The second-order valence-corrected chi connectivity index (χ2v) is 5.71. The molecule has 1 aromatic carbocycles. The van der Waals surface area contributed by atoms with E-state index in [1.165, 1.54) is 0 Å². The van der Waals surface area contributed by atoms with Crippen molar-refractivity contribution in [1.29, 1.82) is 0 Å². The second-order valence-electron chi connectivity index (χ2n) is 4.87. The van der Waals surface area contributed by atoms with E-state index in [2.05, 4.69) is 0 Å². The highest BCUT2D eigenvalue weighted by atomic mass is 35.5. The monoisotopic (exact) mass is 290 g/mol. The molecule has 0 heterocycles. The van der Waals surface area contributed by atoms with Crippen LogP contribution >= 0.6 is 23.2 Å². The van der Waals surface area contributed by atoms with E-state index in [1.807, 2.05) is 0 Å². The third kappa shape index (κ3) is 4.75. The van der Waals surface area contributed by atoms with Gasteiger partial charge in [-0.1, -0.05) is 23.2 Å². The van der Waals surface area contributed by atoms with E-state index >= 15 is 0 Å². The van der Waals surface area contributed by atoms with Gasteiger partial charge in [0.25, 0.3) is 0 Å². The topological polar surface area (TPSA) is 35.5 Å². The summed E-state index contributed by atoms with van der Waals surface area (Å²) in [5.41, 5.74) is -0.543. The highest BCUT2D eigenvalue weighted by Crippen LogP contribution is 2.28. The molecular weight excluding hydrogens is 275 g/mol. The Balaban J connectivity index is 2.69. The normalized spacial score (nSPS) is 13.0. The number of rotatable bonds is 3. The minimum atomic E-state index is -0.733. The minimum Gasteiger partial charge on any atom is -0.477 e. The van der Waals surface area contributed by atoms with E-state index in [4.69, 9.17) is 32.7 Å². The van der Waals surface area contributed by atoms with Crippen molar-refractivity contribution in [3.8, 4) is 5.75 Å². The average Bonchev–Trinajstić information content (AvgIpc) is 2.19. The molecule has 0 bridgehead atoms. The number of benzene rings is 1. The molecule has 0 aliphatic rings. The zero-order chi connectivity index (χ0) is 13.9. The van der Waals surface area contributed by atoms with Gasteiger partial charge in [-0.15, -0.1) is 0 Å². The smallest absolute Gasteiger partial charge is 0.347 e. The van der Waals surface area contributed by atoms with E-state index in [1.54, 1.807) is 45.9 Å². The number of carbonyl (C=O) groups excluding carboxylic acids is 1. The third-order valence-electron chi connectivity index (χ3n) is 1.94. The van der Waals surface area contributed by atoms with Gasteiger partial charge in [-0.05, 0) is 45.9 Å². The molecule has 0 spiro atoms. The first-order chi connectivity index (χ1) is 8.19. The van der Waals surface area contributed by atoms with Crippen molar-refractivity contribution in [3.63, 3.8) is 0 Å². The molecule has 0 aliphatic carbocycles. The van der Waals surface area contributed by atoms with Crippen molar-refractivity contribution in [2.45, 2.75) is 39.4 Å². The largest absolute Gasteiger partial charge is 0.477 e. The van der Waals surface area contributed by atoms with Gasteiger partial charge in [-0.2, -0.15) is 0 Å². The van der Waals surface area contributed by atoms with Crippen molar-refractivity contribution in [2.24, 2.45) is 0 Å². The molecule has 18 heavy (non-hydrogen) atoms. The summed E-state index contributed by atoms with van der Waals surface area (Å²) in [5, 5.41) is 0.871. The summed E-state index contributed by atoms with van der Waals surface area (Å²) in [7, 11) is 0.